The molecule has 0 spiro atoms. The van der Waals surface area contributed by atoms with E-state index in [-0.39, 0.29) is 23.9 Å². The lowest BCUT2D eigenvalue weighted by molar-refractivity contribution is -0.129. The Morgan fingerprint density at radius 1 is 1.20 bits per heavy atom. The number of imide groups is 1. The molecule has 1 saturated heterocycles. The molecule has 0 radical (unpaired) electrons. The third-order valence-electron chi connectivity index (χ3n) is 2.41. The third kappa shape index (κ3) is 2.70. The van der Waals surface area contributed by atoms with Crippen molar-refractivity contribution in [1.82, 2.24) is 10.2 Å². The van der Waals surface area contributed by atoms with E-state index in [4.69, 9.17) is 0 Å². The van der Waals surface area contributed by atoms with Gasteiger partial charge >= 0.3 is 6.03 Å². The van der Waals surface area contributed by atoms with Crippen molar-refractivity contribution in [3.8, 4) is 0 Å². The standard InChI is InChI=1S/C11H20N2O2/c1-10(2,3)7-11(4,5)13-8(14)6-12-9(13)15/h6-7H2,1-5H3,(H,12,15). The Hall–Kier alpha value is -1.06. The molecule has 1 rings (SSSR count). The van der Waals surface area contributed by atoms with Crippen molar-refractivity contribution in [3.63, 3.8) is 0 Å². The molecule has 0 atom stereocenters. The van der Waals surface area contributed by atoms with Crippen molar-refractivity contribution >= 4 is 11.9 Å². The minimum Gasteiger partial charge on any atom is -0.329 e. The monoisotopic (exact) mass is 212 g/mol. The van der Waals surface area contributed by atoms with Gasteiger partial charge in [-0.3, -0.25) is 9.69 Å². The van der Waals surface area contributed by atoms with Crippen molar-refractivity contribution in [2.75, 3.05) is 6.54 Å². The highest BCUT2D eigenvalue weighted by atomic mass is 16.2. The molecule has 4 nitrogen and oxygen atoms in total. The SMILES string of the molecule is CC(C)(C)CC(C)(C)N1C(=O)CNC1=O. The van der Waals surface area contributed by atoms with E-state index in [1.807, 2.05) is 13.8 Å². The van der Waals surface area contributed by atoms with Crippen molar-refractivity contribution in [3.05, 3.63) is 0 Å². The van der Waals surface area contributed by atoms with Gasteiger partial charge in [-0.1, -0.05) is 20.8 Å². The Bertz CT molecular complexity index is 273. The zero-order valence-electron chi connectivity index (χ0n) is 10.2. The average Bonchev–Trinajstić information content (AvgIpc) is 2.25. The molecular formula is C11H20N2O2. The molecule has 4 heteroatoms. The maximum Gasteiger partial charge on any atom is 0.325 e. The topological polar surface area (TPSA) is 49.4 Å². The van der Waals surface area contributed by atoms with Crippen LogP contribution < -0.4 is 5.32 Å². The fraction of sp³-hybridized carbons (Fsp3) is 0.818. The first-order chi connectivity index (χ1) is 6.63. The molecular weight excluding hydrogens is 192 g/mol. The highest BCUT2D eigenvalue weighted by Crippen LogP contribution is 2.32. The summed E-state index contributed by atoms with van der Waals surface area (Å²) < 4.78 is 0. The number of hydrogen-bond acceptors (Lipinski definition) is 2. The van der Waals surface area contributed by atoms with Gasteiger partial charge in [-0.25, -0.2) is 4.79 Å². The van der Waals surface area contributed by atoms with Gasteiger partial charge in [0.25, 0.3) is 5.91 Å². The predicted molar refractivity (Wildman–Crippen MR) is 58.4 cm³/mol. The largest absolute Gasteiger partial charge is 0.329 e. The van der Waals surface area contributed by atoms with Gasteiger partial charge in [0.15, 0.2) is 0 Å². The van der Waals surface area contributed by atoms with E-state index in [0.717, 1.165) is 6.42 Å². The van der Waals surface area contributed by atoms with Crippen LogP contribution in [0.25, 0.3) is 0 Å². The van der Waals surface area contributed by atoms with Gasteiger partial charge in [0.05, 0.1) is 6.54 Å². The summed E-state index contributed by atoms with van der Waals surface area (Å²) in [7, 11) is 0. The van der Waals surface area contributed by atoms with Gasteiger partial charge in [0.2, 0.25) is 0 Å². The van der Waals surface area contributed by atoms with Gasteiger partial charge in [0, 0.05) is 5.54 Å². The summed E-state index contributed by atoms with van der Waals surface area (Å²) in [6, 6.07) is -0.269. The van der Waals surface area contributed by atoms with Gasteiger partial charge in [-0.05, 0) is 25.7 Å². The first-order valence-corrected chi connectivity index (χ1v) is 5.24. The molecule has 1 aliphatic rings. The van der Waals surface area contributed by atoms with Crippen LogP contribution in [0.1, 0.15) is 41.0 Å². The molecule has 0 aromatic carbocycles. The van der Waals surface area contributed by atoms with Gasteiger partial charge in [0.1, 0.15) is 0 Å². The van der Waals surface area contributed by atoms with E-state index in [9.17, 15) is 9.59 Å². The summed E-state index contributed by atoms with van der Waals surface area (Å²) in [5.74, 6) is -0.130. The van der Waals surface area contributed by atoms with Crippen LogP contribution in [0.15, 0.2) is 0 Å². The van der Waals surface area contributed by atoms with Crippen LogP contribution in [0.3, 0.4) is 0 Å². The smallest absolute Gasteiger partial charge is 0.325 e. The minimum absolute atomic E-state index is 0.0899. The summed E-state index contributed by atoms with van der Waals surface area (Å²) >= 11 is 0. The molecule has 0 unspecified atom stereocenters. The van der Waals surface area contributed by atoms with Crippen molar-refractivity contribution < 1.29 is 9.59 Å². The fourth-order valence-electron chi connectivity index (χ4n) is 2.41. The Morgan fingerprint density at radius 2 is 1.73 bits per heavy atom. The normalized spacial score (nSPS) is 18.3. The van der Waals surface area contributed by atoms with Crippen LogP contribution in [0, 0.1) is 5.41 Å². The second-order valence-electron chi connectivity index (χ2n) is 5.94. The first-order valence-electron chi connectivity index (χ1n) is 5.24. The molecule has 1 aliphatic heterocycles. The predicted octanol–water partition coefficient (Wildman–Crippen LogP) is 1.75. The van der Waals surface area contributed by atoms with Crippen molar-refractivity contribution in [2.45, 2.75) is 46.6 Å². The molecule has 0 aliphatic carbocycles. The number of hydrogen-bond donors (Lipinski definition) is 1. The quantitative estimate of drug-likeness (QED) is 0.709. The summed E-state index contributed by atoms with van der Waals surface area (Å²) in [6.45, 7) is 10.3. The molecule has 3 amide bonds. The van der Waals surface area contributed by atoms with Crippen LogP contribution in [0.2, 0.25) is 0 Å². The van der Waals surface area contributed by atoms with E-state index in [0.29, 0.717) is 0 Å². The average molecular weight is 212 g/mol. The summed E-state index contributed by atoms with van der Waals surface area (Å²) in [5, 5.41) is 2.55. The molecule has 0 aromatic heterocycles. The van der Waals surface area contributed by atoms with E-state index in [1.165, 1.54) is 4.90 Å². The minimum atomic E-state index is -0.421. The van der Waals surface area contributed by atoms with Crippen molar-refractivity contribution in [1.29, 1.82) is 0 Å². The molecule has 0 aromatic rings. The van der Waals surface area contributed by atoms with E-state index in [2.05, 4.69) is 26.1 Å². The first kappa shape index (κ1) is 12.0. The molecule has 0 bridgehead atoms. The highest BCUT2D eigenvalue weighted by molar-refractivity contribution is 6.02. The van der Waals surface area contributed by atoms with Crippen LogP contribution in [-0.2, 0) is 4.79 Å². The van der Waals surface area contributed by atoms with Crippen LogP contribution in [-0.4, -0.2) is 28.9 Å². The number of amides is 3. The maximum atomic E-state index is 11.6. The second kappa shape index (κ2) is 3.51. The Morgan fingerprint density at radius 3 is 2.07 bits per heavy atom. The lowest BCUT2D eigenvalue weighted by atomic mass is 9.81. The van der Waals surface area contributed by atoms with Crippen LogP contribution in [0.4, 0.5) is 4.79 Å². The number of nitrogens with one attached hydrogen (secondary N) is 1. The summed E-state index contributed by atoms with van der Waals surface area (Å²) in [4.78, 5) is 24.4. The lowest BCUT2D eigenvalue weighted by Gasteiger charge is -2.37. The van der Waals surface area contributed by atoms with Gasteiger partial charge in [-0.2, -0.15) is 0 Å². The second-order valence-corrected chi connectivity index (χ2v) is 5.94. The zero-order valence-corrected chi connectivity index (χ0v) is 10.2. The highest BCUT2D eigenvalue weighted by Gasteiger charge is 2.41. The molecule has 1 heterocycles. The lowest BCUT2D eigenvalue weighted by Crippen LogP contribution is -2.49. The number of carbonyl (C=O) groups is 2. The molecule has 15 heavy (non-hydrogen) atoms. The zero-order chi connectivity index (χ0) is 11.9. The Labute approximate surface area is 91.0 Å². The number of rotatable bonds is 2. The van der Waals surface area contributed by atoms with Gasteiger partial charge < -0.3 is 5.32 Å². The Kier molecular flexibility index (Phi) is 2.81. The fourth-order valence-corrected chi connectivity index (χ4v) is 2.41. The van der Waals surface area contributed by atoms with Crippen molar-refractivity contribution in [2.24, 2.45) is 5.41 Å². The maximum absolute atomic E-state index is 11.6. The Balaban J connectivity index is 2.85. The van der Waals surface area contributed by atoms with Crippen LogP contribution in [0.5, 0.6) is 0 Å². The molecule has 86 valence electrons. The number of nitrogens with zero attached hydrogens (tertiary/aromatic N) is 1. The van der Waals surface area contributed by atoms with E-state index >= 15 is 0 Å². The molecule has 1 fully saturated rings. The molecule has 0 saturated carbocycles. The number of carbonyl (C=O) groups excluding carboxylic acids is 2. The number of urea groups is 1. The van der Waals surface area contributed by atoms with Gasteiger partial charge in [-0.15, -0.1) is 0 Å². The van der Waals surface area contributed by atoms with E-state index < -0.39 is 5.54 Å². The summed E-state index contributed by atoms with van der Waals surface area (Å²) in [5.41, 5.74) is -0.331. The third-order valence-corrected chi connectivity index (χ3v) is 2.41. The summed E-state index contributed by atoms with van der Waals surface area (Å²) in [6.07, 6.45) is 0.791. The molecule has 1 N–H and O–H groups in total. The van der Waals surface area contributed by atoms with E-state index in [1.54, 1.807) is 0 Å². The van der Waals surface area contributed by atoms with Crippen LogP contribution >= 0.6 is 0 Å².